The lowest BCUT2D eigenvalue weighted by molar-refractivity contribution is -0.145. The van der Waals surface area contributed by atoms with Crippen LogP contribution in [0.5, 0.6) is 0 Å². The average molecular weight is 356 g/mol. The molecule has 0 saturated heterocycles. The summed E-state index contributed by atoms with van der Waals surface area (Å²) < 4.78 is 5.63. The highest BCUT2D eigenvalue weighted by Gasteiger charge is 2.26. The largest absolute Gasteiger partial charge is 0.481 e. The molecule has 0 fully saturated rings. The number of aliphatic hydroxyl groups is 1. The highest BCUT2D eigenvalue weighted by Crippen LogP contribution is 2.18. The summed E-state index contributed by atoms with van der Waals surface area (Å²) in [5.74, 6) is -1.70. The molecule has 0 amide bonds. The van der Waals surface area contributed by atoms with Crippen molar-refractivity contribution >= 4 is 5.97 Å². The Kier molecular flexibility index (Phi) is 8.87. The van der Waals surface area contributed by atoms with E-state index in [-0.39, 0.29) is 0 Å². The molecule has 2 unspecified atom stereocenters. The third-order valence-electron chi connectivity index (χ3n) is 4.48. The highest BCUT2D eigenvalue weighted by molar-refractivity contribution is 5.71. The van der Waals surface area contributed by atoms with E-state index in [4.69, 9.17) is 4.74 Å². The minimum absolute atomic E-state index is 0.359. The van der Waals surface area contributed by atoms with Gasteiger partial charge in [-0.2, -0.15) is 0 Å². The molecule has 4 heteroatoms. The van der Waals surface area contributed by atoms with Crippen LogP contribution in [0.1, 0.15) is 36.8 Å². The summed E-state index contributed by atoms with van der Waals surface area (Å²) in [4.78, 5) is 11.5. The van der Waals surface area contributed by atoms with Gasteiger partial charge in [0.25, 0.3) is 0 Å². The monoisotopic (exact) mass is 356 g/mol. The van der Waals surface area contributed by atoms with Crippen molar-refractivity contribution in [1.82, 2.24) is 0 Å². The van der Waals surface area contributed by atoms with Gasteiger partial charge in [0.1, 0.15) is 0 Å². The molecule has 2 aromatic rings. The van der Waals surface area contributed by atoms with E-state index < -0.39 is 18.0 Å². The summed E-state index contributed by atoms with van der Waals surface area (Å²) in [6.07, 6.45) is 2.67. The Morgan fingerprint density at radius 3 is 2.12 bits per heavy atom. The maximum atomic E-state index is 11.5. The normalized spacial score (nSPS) is 13.3. The predicted octanol–water partition coefficient (Wildman–Crippen LogP) is 4.07. The molecule has 0 aliphatic rings. The smallest absolute Gasteiger partial charge is 0.309 e. The zero-order valence-corrected chi connectivity index (χ0v) is 15.1. The molecule has 0 aliphatic carbocycles. The minimum Gasteiger partial charge on any atom is -0.481 e. The summed E-state index contributed by atoms with van der Waals surface area (Å²) in [6, 6.07) is 19.5. The lowest BCUT2D eigenvalue weighted by Crippen LogP contribution is -2.30. The minimum atomic E-state index is -0.937. The molecule has 26 heavy (non-hydrogen) atoms. The van der Waals surface area contributed by atoms with Crippen molar-refractivity contribution in [3.63, 3.8) is 0 Å². The van der Waals surface area contributed by atoms with Gasteiger partial charge in [0.2, 0.25) is 0 Å². The van der Waals surface area contributed by atoms with Gasteiger partial charge in [0.05, 0.1) is 18.6 Å². The molecule has 2 N–H and O–H groups in total. The summed E-state index contributed by atoms with van der Waals surface area (Å²) in [5, 5.41) is 19.7. The summed E-state index contributed by atoms with van der Waals surface area (Å²) >= 11 is 0. The molecule has 0 radical (unpaired) electrons. The van der Waals surface area contributed by atoms with Crippen LogP contribution in [0, 0.1) is 5.92 Å². The van der Waals surface area contributed by atoms with Gasteiger partial charge in [-0.05, 0) is 30.4 Å². The van der Waals surface area contributed by atoms with Gasteiger partial charge in [-0.15, -0.1) is 0 Å². The molecule has 0 bridgehead atoms. The summed E-state index contributed by atoms with van der Waals surface area (Å²) in [6.45, 7) is 1.29. The predicted molar refractivity (Wildman–Crippen MR) is 102 cm³/mol. The third kappa shape index (κ3) is 7.38. The fourth-order valence-electron chi connectivity index (χ4n) is 2.96. The van der Waals surface area contributed by atoms with Gasteiger partial charge in [-0.1, -0.05) is 73.5 Å². The zero-order valence-electron chi connectivity index (χ0n) is 15.1. The first-order chi connectivity index (χ1) is 12.7. The van der Waals surface area contributed by atoms with E-state index in [0.29, 0.717) is 26.1 Å². The molecule has 0 aromatic heterocycles. The molecule has 0 heterocycles. The van der Waals surface area contributed by atoms with Crippen LogP contribution in [-0.4, -0.2) is 28.9 Å². The molecule has 0 saturated carbocycles. The van der Waals surface area contributed by atoms with E-state index in [1.54, 1.807) is 0 Å². The van der Waals surface area contributed by atoms with Gasteiger partial charge >= 0.3 is 5.97 Å². The topological polar surface area (TPSA) is 66.8 Å². The Bertz CT molecular complexity index is 627. The van der Waals surface area contributed by atoms with Gasteiger partial charge < -0.3 is 14.9 Å². The molecule has 140 valence electrons. The van der Waals surface area contributed by atoms with E-state index in [0.717, 1.165) is 30.4 Å². The molecule has 4 nitrogen and oxygen atoms in total. The van der Waals surface area contributed by atoms with E-state index >= 15 is 0 Å². The van der Waals surface area contributed by atoms with Crippen LogP contribution >= 0.6 is 0 Å². The van der Waals surface area contributed by atoms with E-state index in [1.165, 1.54) is 0 Å². The molecular formula is C22H28O4. The SMILES string of the molecule is O=C(O)C(Cc1ccccc1)C(O)CCCCCOCc1ccccc1. The van der Waals surface area contributed by atoms with Crippen LogP contribution in [-0.2, 0) is 22.6 Å². The number of aliphatic hydroxyl groups excluding tert-OH is 1. The van der Waals surface area contributed by atoms with Gasteiger partial charge in [0, 0.05) is 6.61 Å². The Morgan fingerprint density at radius 2 is 1.50 bits per heavy atom. The van der Waals surface area contributed by atoms with Crippen molar-refractivity contribution in [2.24, 2.45) is 5.92 Å². The fraction of sp³-hybridized carbons (Fsp3) is 0.409. The van der Waals surface area contributed by atoms with E-state index in [9.17, 15) is 15.0 Å². The molecule has 0 spiro atoms. The van der Waals surface area contributed by atoms with Gasteiger partial charge in [-0.25, -0.2) is 0 Å². The molecule has 2 rings (SSSR count). The van der Waals surface area contributed by atoms with Crippen molar-refractivity contribution in [2.75, 3.05) is 6.61 Å². The number of ether oxygens (including phenoxy) is 1. The van der Waals surface area contributed by atoms with Crippen LogP contribution in [0.25, 0.3) is 0 Å². The van der Waals surface area contributed by atoms with Crippen molar-refractivity contribution in [1.29, 1.82) is 0 Å². The van der Waals surface area contributed by atoms with Crippen molar-refractivity contribution in [3.8, 4) is 0 Å². The van der Waals surface area contributed by atoms with Crippen LogP contribution in [0.4, 0.5) is 0 Å². The average Bonchev–Trinajstić information content (AvgIpc) is 2.66. The first-order valence-electron chi connectivity index (χ1n) is 9.23. The fourth-order valence-corrected chi connectivity index (χ4v) is 2.96. The number of carbonyl (C=O) groups is 1. The maximum absolute atomic E-state index is 11.5. The van der Waals surface area contributed by atoms with Crippen LogP contribution in [0.15, 0.2) is 60.7 Å². The third-order valence-corrected chi connectivity index (χ3v) is 4.48. The number of unbranched alkanes of at least 4 members (excludes halogenated alkanes) is 2. The first kappa shape index (κ1) is 20.1. The van der Waals surface area contributed by atoms with Crippen LogP contribution in [0.2, 0.25) is 0 Å². The van der Waals surface area contributed by atoms with Crippen LogP contribution in [0.3, 0.4) is 0 Å². The second-order valence-electron chi connectivity index (χ2n) is 6.59. The quantitative estimate of drug-likeness (QED) is 0.563. The molecular weight excluding hydrogens is 328 g/mol. The number of hydrogen-bond acceptors (Lipinski definition) is 3. The second kappa shape index (κ2) is 11.4. The van der Waals surface area contributed by atoms with Gasteiger partial charge in [-0.3, -0.25) is 4.79 Å². The number of carboxylic acid groups (broad SMARTS) is 1. The van der Waals surface area contributed by atoms with E-state index in [1.807, 2.05) is 60.7 Å². The number of carboxylic acids is 1. The first-order valence-corrected chi connectivity index (χ1v) is 9.23. The lowest BCUT2D eigenvalue weighted by Gasteiger charge is -2.19. The Balaban J connectivity index is 1.61. The Labute approximate surface area is 155 Å². The summed E-state index contributed by atoms with van der Waals surface area (Å²) in [5.41, 5.74) is 2.10. The second-order valence-corrected chi connectivity index (χ2v) is 6.59. The van der Waals surface area contributed by atoms with Crippen molar-refractivity contribution in [3.05, 3.63) is 71.8 Å². The Morgan fingerprint density at radius 1 is 0.885 bits per heavy atom. The number of hydrogen-bond donors (Lipinski definition) is 2. The Hall–Kier alpha value is -2.17. The highest BCUT2D eigenvalue weighted by atomic mass is 16.5. The number of aliphatic carboxylic acids is 1. The molecule has 2 aromatic carbocycles. The number of rotatable bonds is 12. The lowest BCUT2D eigenvalue weighted by atomic mass is 9.91. The van der Waals surface area contributed by atoms with Gasteiger partial charge in [0.15, 0.2) is 0 Å². The van der Waals surface area contributed by atoms with Crippen molar-refractivity contribution < 1.29 is 19.7 Å². The van der Waals surface area contributed by atoms with Crippen LogP contribution < -0.4 is 0 Å². The standard InChI is InChI=1S/C22H28O4/c23-21(20(22(24)25)16-18-10-4-1-5-11-18)14-8-3-9-15-26-17-19-12-6-2-7-13-19/h1-2,4-7,10-13,20-21,23H,3,8-9,14-17H2,(H,24,25). The summed E-state index contributed by atoms with van der Waals surface area (Å²) in [7, 11) is 0. The molecule has 2 atom stereocenters. The van der Waals surface area contributed by atoms with Crippen molar-refractivity contribution in [2.45, 2.75) is 44.8 Å². The van der Waals surface area contributed by atoms with E-state index in [2.05, 4.69) is 0 Å². The zero-order chi connectivity index (χ0) is 18.6. The molecule has 0 aliphatic heterocycles. The maximum Gasteiger partial charge on any atom is 0.309 e. The number of benzene rings is 2.